The number of aromatic nitrogens is 2. The van der Waals surface area contributed by atoms with Crippen molar-refractivity contribution >= 4 is 23.3 Å². The predicted octanol–water partition coefficient (Wildman–Crippen LogP) is 4.51. The lowest BCUT2D eigenvalue weighted by Crippen LogP contribution is -2.04. The van der Waals surface area contributed by atoms with Crippen molar-refractivity contribution < 1.29 is 14.2 Å². The molecular formula is C21H20N4O3S. The van der Waals surface area contributed by atoms with Gasteiger partial charge in [-0.15, -0.1) is 0 Å². The van der Waals surface area contributed by atoms with Crippen LogP contribution in [0.15, 0.2) is 47.6 Å². The molecule has 0 radical (unpaired) electrons. The van der Waals surface area contributed by atoms with E-state index in [1.807, 2.05) is 36.6 Å². The van der Waals surface area contributed by atoms with Crippen molar-refractivity contribution in [2.75, 3.05) is 32.9 Å². The number of nitriles is 1. The third-order valence-corrected chi connectivity index (χ3v) is 4.75. The zero-order valence-electron chi connectivity index (χ0n) is 16.5. The third kappa shape index (κ3) is 4.20. The van der Waals surface area contributed by atoms with Crippen LogP contribution in [0.25, 0.3) is 11.3 Å². The molecule has 0 aliphatic carbocycles. The van der Waals surface area contributed by atoms with Crippen molar-refractivity contribution in [3.8, 4) is 34.6 Å². The molecule has 148 valence electrons. The van der Waals surface area contributed by atoms with Crippen LogP contribution >= 0.6 is 11.8 Å². The number of para-hydroxylation sites is 2. The molecule has 0 spiro atoms. The number of hydrogen-bond donors (Lipinski definition) is 1. The number of rotatable bonds is 7. The van der Waals surface area contributed by atoms with Gasteiger partial charge in [0.15, 0.2) is 22.5 Å². The highest BCUT2D eigenvalue weighted by molar-refractivity contribution is 7.98. The smallest absolute Gasteiger partial charge is 0.189 e. The molecule has 0 saturated carbocycles. The Labute approximate surface area is 173 Å². The number of benzene rings is 2. The fourth-order valence-corrected chi connectivity index (χ4v) is 3.16. The Bertz CT molecular complexity index is 1070. The van der Waals surface area contributed by atoms with Crippen LogP contribution in [0.3, 0.4) is 0 Å². The second-order valence-corrected chi connectivity index (χ2v) is 6.56. The maximum atomic E-state index is 9.89. The Hall–Kier alpha value is -3.44. The number of thioether (sulfide) groups is 1. The second-order valence-electron chi connectivity index (χ2n) is 5.79. The number of ether oxygens (including phenoxy) is 3. The molecule has 0 aliphatic heterocycles. The lowest BCUT2D eigenvalue weighted by Gasteiger charge is -2.15. The van der Waals surface area contributed by atoms with Crippen molar-refractivity contribution in [3.63, 3.8) is 0 Å². The first kappa shape index (κ1) is 20.3. The minimum absolute atomic E-state index is 0.320. The van der Waals surface area contributed by atoms with E-state index in [1.54, 1.807) is 33.5 Å². The second kappa shape index (κ2) is 9.17. The van der Waals surface area contributed by atoms with Gasteiger partial charge in [-0.3, -0.25) is 0 Å². The van der Waals surface area contributed by atoms with Gasteiger partial charge < -0.3 is 19.5 Å². The zero-order chi connectivity index (χ0) is 20.8. The molecule has 0 atom stereocenters. The molecule has 1 heterocycles. The summed E-state index contributed by atoms with van der Waals surface area (Å²) in [5.74, 6) is 2.20. The van der Waals surface area contributed by atoms with Crippen molar-refractivity contribution in [2.24, 2.45) is 0 Å². The van der Waals surface area contributed by atoms with Gasteiger partial charge in [-0.25, -0.2) is 9.97 Å². The van der Waals surface area contributed by atoms with Crippen LogP contribution < -0.4 is 19.5 Å². The summed E-state index contributed by atoms with van der Waals surface area (Å²) in [6, 6.07) is 15.1. The van der Waals surface area contributed by atoms with E-state index >= 15 is 0 Å². The van der Waals surface area contributed by atoms with Gasteiger partial charge in [-0.1, -0.05) is 23.9 Å². The minimum atomic E-state index is 0.320. The van der Waals surface area contributed by atoms with Crippen molar-refractivity contribution in [2.45, 2.75) is 5.16 Å². The summed E-state index contributed by atoms with van der Waals surface area (Å²) in [5.41, 5.74) is 2.25. The summed E-state index contributed by atoms with van der Waals surface area (Å²) in [6.07, 6.45) is 1.88. The first-order valence-electron chi connectivity index (χ1n) is 8.63. The average molecular weight is 408 g/mol. The number of hydrogen-bond acceptors (Lipinski definition) is 8. The van der Waals surface area contributed by atoms with Crippen LogP contribution in [0, 0.1) is 11.3 Å². The van der Waals surface area contributed by atoms with E-state index in [9.17, 15) is 5.26 Å². The molecule has 0 amide bonds. The topological polar surface area (TPSA) is 89.3 Å². The van der Waals surface area contributed by atoms with Crippen LogP contribution in [-0.2, 0) is 0 Å². The highest BCUT2D eigenvalue weighted by atomic mass is 32.2. The first-order valence-corrected chi connectivity index (χ1v) is 9.86. The van der Waals surface area contributed by atoms with E-state index in [4.69, 9.17) is 14.2 Å². The Morgan fingerprint density at radius 2 is 1.66 bits per heavy atom. The standard InChI is InChI=1S/C21H20N4O3S/c1-26-16-8-6-5-7-15(16)23-20-14(12-22)19(24-21(25-20)29-4)13-9-10-17(27-2)18(11-13)28-3/h5-11H,1-4H3,(H,23,24,25). The molecule has 8 heteroatoms. The van der Waals surface area contributed by atoms with Gasteiger partial charge in [-0.2, -0.15) is 5.26 Å². The molecule has 3 rings (SSSR count). The van der Waals surface area contributed by atoms with Gasteiger partial charge in [0.1, 0.15) is 17.4 Å². The van der Waals surface area contributed by atoms with Gasteiger partial charge in [0, 0.05) is 5.56 Å². The summed E-state index contributed by atoms with van der Waals surface area (Å²) >= 11 is 1.39. The Kier molecular flexibility index (Phi) is 6.42. The van der Waals surface area contributed by atoms with Crippen molar-refractivity contribution in [1.82, 2.24) is 9.97 Å². The predicted molar refractivity (Wildman–Crippen MR) is 113 cm³/mol. The quantitative estimate of drug-likeness (QED) is 0.451. The number of methoxy groups -OCH3 is 3. The van der Waals surface area contributed by atoms with Gasteiger partial charge >= 0.3 is 0 Å². The van der Waals surface area contributed by atoms with Crippen LogP contribution in [-0.4, -0.2) is 37.6 Å². The van der Waals surface area contributed by atoms with Gasteiger partial charge in [0.25, 0.3) is 0 Å². The number of nitrogens with zero attached hydrogens (tertiary/aromatic N) is 3. The van der Waals surface area contributed by atoms with Gasteiger partial charge in [0.05, 0.1) is 32.7 Å². The molecular weight excluding hydrogens is 388 g/mol. The normalized spacial score (nSPS) is 10.2. The summed E-state index contributed by atoms with van der Waals surface area (Å²) in [6.45, 7) is 0. The summed E-state index contributed by atoms with van der Waals surface area (Å²) in [7, 11) is 4.73. The summed E-state index contributed by atoms with van der Waals surface area (Å²) in [5, 5.41) is 13.6. The third-order valence-electron chi connectivity index (χ3n) is 4.20. The molecule has 2 aromatic carbocycles. The van der Waals surface area contributed by atoms with Crippen LogP contribution in [0.4, 0.5) is 11.5 Å². The Morgan fingerprint density at radius 1 is 0.931 bits per heavy atom. The maximum Gasteiger partial charge on any atom is 0.189 e. The van der Waals surface area contributed by atoms with Gasteiger partial charge in [-0.05, 0) is 36.6 Å². The van der Waals surface area contributed by atoms with Gasteiger partial charge in [0.2, 0.25) is 0 Å². The lowest BCUT2D eigenvalue weighted by atomic mass is 10.1. The molecule has 0 unspecified atom stereocenters. The molecule has 3 aromatic rings. The summed E-state index contributed by atoms with van der Waals surface area (Å²) in [4.78, 5) is 9.07. The SMILES string of the molecule is COc1ccccc1Nc1nc(SC)nc(-c2ccc(OC)c(OC)c2)c1C#N. The monoisotopic (exact) mass is 408 g/mol. The molecule has 7 nitrogen and oxygen atoms in total. The van der Waals surface area contributed by atoms with Crippen molar-refractivity contribution in [3.05, 3.63) is 48.0 Å². The fourth-order valence-electron chi connectivity index (χ4n) is 2.80. The highest BCUT2D eigenvalue weighted by Gasteiger charge is 2.18. The molecule has 0 aliphatic rings. The molecule has 29 heavy (non-hydrogen) atoms. The zero-order valence-corrected chi connectivity index (χ0v) is 17.3. The van der Waals surface area contributed by atoms with E-state index in [-0.39, 0.29) is 0 Å². The number of anilines is 2. The van der Waals surface area contributed by atoms with E-state index in [1.165, 1.54) is 11.8 Å². The van der Waals surface area contributed by atoms with Crippen molar-refractivity contribution in [1.29, 1.82) is 5.26 Å². The van der Waals surface area contributed by atoms with E-state index in [2.05, 4.69) is 21.4 Å². The molecule has 0 fully saturated rings. The molecule has 1 aromatic heterocycles. The maximum absolute atomic E-state index is 9.89. The largest absolute Gasteiger partial charge is 0.495 e. The highest BCUT2D eigenvalue weighted by Crippen LogP contribution is 2.36. The molecule has 0 saturated heterocycles. The average Bonchev–Trinajstić information content (AvgIpc) is 2.78. The first-order chi connectivity index (χ1) is 14.1. The van der Waals surface area contributed by atoms with E-state index < -0.39 is 0 Å². The van der Waals surface area contributed by atoms with E-state index in [0.717, 1.165) is 5.56 Å². The summed E-state index contributed by atoms with van der Waals surface area (Å²) < 4.78 is 16.1. The lowest BCUT2D eigenvalue weighted by molar-refractivity contribution is 0.355. The minimum Gasteiger partial charge on any atom is -0.495 e. The van der Waals surface area contributed by atoms with Crippen LogP contribution in [0.1, 0.15) is 5.56 Å². The fraction of sp³-hybridized carbons (Fsp3) is 0.190. The number of nitrogens with one attached hydrogen (secondary N) is 1. The van der Waals surface area contributed by atoms with Crippen LogP contribution in [0.5, 0.6) is 17.2 Å². The Balaban J connectivity index is 2.16. The van der Waals surface area contributed by atoms with E-state index in [0.29, 0.717) is 45.2 Å². The Morgan fingerprint density at radius 3 is 2.31 bits per heavy atom. The molecule has 1 N–H and O–H groups in total. The molecule has 0 bridgehead atoms. The van der Waals surface area contributed by atoms with Crippen LogP contribution in [0.2, 0.25) is 0 Å².